The highest BCUT2D eigenvalue weighted by molar-refractivity contribution is 5.63. The molecule has 0 saturated heterocycles. The Labute approximate surface area is 153 Å². The topological polar surface area (TPSA) is 72.0 Å². The van der Waals surface area contributed by atoms with Crippen LogP contribution in [0.5, 0.6) is 5.75 Å². The van der Waals surface area contributed by atoms with Gasteiger partial charge in [0, 0.05) is 12.2 Å². The van der Waals surface area contributed by atoms with Crippen LogP contribution in [0.1, 0.15) is 16.7 Å². The summed E-state index contributed by atoms with van der Waals surface area (Å²) in [6.07, 6.45) is 2.49. The number of methoxy groups -OCH3 is 1. The highest BCUT2D eigenvalue weighted by Gasteiger charge is 2.06. The van der Waals surface area contributed by atoms with E-state index in [1.54, 1.807) is 13.3 Å². The maximum atomic E-state index is 5.25. The molecule has 0 unspecified atom stereocenters. The lowest BCUT2D eigenvalue weighted by Gasteiger charge is -2.12. The van der Waals surface area contributed by atoms with E-state index < -0.39 is 0 Å². The largest absolute Gasteiger partial charge is 0.497 e. The molecular weight excluding hydrogens is 326 g/mol. The van der Waals surface area contributed by atoms with Crippen molar-refractivity contribution in [3.63, 3.8) is 0 Å². The van der Waals surface area contributed by atoms with Crippen LogP contribution in [0.2, 0.25) is 0 Å². The number of nitrogens with one attached hydrogen (secondary N) is 2. The van der Waals surface area contributed by atoms with E-state index in [0.717, 1.165) is 35.5 Å². The quantitative estimate of drug-likeness (QED) is 0.674. The summed E-state index contributed by atoms with van der Waals surface area (Å²) in [4.78, 5) is 4.49. The van der Waals surface area contributed by atoms with E-state index in [9.17, 15) is 0 Å². The lowest BCUT2D eigenvalue weighted by molar-refractivity contribution is 0.414. The van der Waals surface area contributed by atoms with Gasteiger partial charge in [0.25, 0.3) is 0 Å². The third kappa shape index (κ3) is 4.47. The Hall–Kier alpha value is -3.15. The number of para-hydroxylation sites is 1. The molecule has 0 aliphatic heterocycles. The van der Waals surface area contributed by atoms with E-state index >= 15 is 0 Å². The van der Waals surface area contributed by atoms with Crippen LogP contribution in [0.3, 0.4) is 0 Å². The summed E-state index contributed by atoms with van der Waals surface area (Å²) < 4.78 is 5.25. The minimum absolute atomic E-state index is 0.480. The van der Waals surface area contributed by atoms with Crippen LogP contribution in [0.15, 0.2) is 48.7 Å². The first-order valence-corrected chi connectivity index (χ1v) is 8.55. The fourth-order valence-corrected chi connectivity index (χ4v) is 2.73. The second-order valence-corrected chi connectivity index (χ2v) is 6.09. The first kappa shape index (κ1) is 17.7. The maximum Gasteiger partial charge on any atom is 0.249 e. The van der Waals surface area contributed by atoms with E-state index in [1.807, 2.05) is 24.3 Å². The van der Waals surface area contributed by atoms with Crippen LogP contribution in [-0.2, 0) is 6.42 Å². The summed E-state index contributed by atoms with van der Waals surface area (Å²) in [6, 6.07) is 14.2. The molecule has 2 N–H and O–H groups in total. The SMILES string of the molecule is COc1cccc(CCNc2cnnc(Nc3c(C)cccc3C)n2)c1. The van der Waals surface area contributed by atoms with Crippen molar-refractivity contribution < 1.29 is 4.74 Å². The first-order valence-electron chi connectivity index (χ1n) is 8.55. The fraction of sp³-hybridized carbons (Fsp3) is 0.250. The molecule has 0 radical (unpaired) electrons. The zero-order valence-electron chi connectivity index (χ0n) is 15.3. The minimum atomic E-state index is 0.480. The molecule has 134 valence electrons. The summed E-state index contributed by atoms with van der Waals surface area (Å²) in [6.45, 7) is 4.85. The monoisotopic (exact) mass is 349 g/mol. The van der Waals surface area contributed by atoms with Gasteiger partial charge in [-0.25, -0.2) is 0 Å². The number of rotatable bonds is 7. The smallest absolute Gasteiger partial charge is 0.249 e. The zero-order valence-corrected chi connectivity index (χ0v) is 15.3. The van der Waals surface area contributed by atoms with Crippen molar-refractivity contribution in [3.05, 3.63) is 65.4 Å². The van der Waals surface area contributed by atoms with Gasteiger partial charge in [-0.2, -0.15) is 10.1 Å². The standard InChI is InChI=1S/C20H23N5O/c1-14-6-4-7-15(2)19(14)24-20-23-18(13-22-25-20)21-11-10-16-8-5-9-17(12-16)26-3/h4-9,12-13H,10-11H2,1-3H3,(H2,21,23,24,25). The average Bonchev–Trinajstić information content (AvgIpc) is 2.65. The average molecular weight is 349 g/mol. The summed E-state index contributed by atoms with van der Waals surface area (Å²) in [5, 5.41) is 14.7. The van der Waals surface area contributed by atoms with Gasteiger partial charge in [-0.1, -0.05) is 30.3 Å². The van der Waals surface area contributed by atoms with Gasteiger partial charge in [0.15, 0.2) is 5.82 Å². The Bertz CT molecular complexity index is 861. The van der Waals surface area contributed by atoms with Crippen LogP contribution in [0, 0.1) is 13.8 Å². The number of aromatic nitrogens is 3. The molecule has 0 aliphatic carbocycles. The molecule has 0 spiro atoms. The number of nitrogens with zero attached hydrogens (tertiary/aromatic N) is 3. The van der Waals surface area contributed by atoms with Gasteiger partial charge in [-0.3, -0.25) is 0 Å². The number of benzene rings is 2. The molecule has 6 nitrogen and oxygen atoms in total. The van der Waals surface area contributed by atoms with Crippen LogP contribution >= 0.6 is 0 Å². The normalized spacial score (nSPS) is 10.4. The summed E-state index contributed by atoms with van der Waals surface area (Å²) >= 11 is 0. The van der Waals surface area contributed by atoms with Crippen molar-refractivity contribution >= 4 is 17.5 Å². The first-order chi connectivity index (χ1) is 12.7. The van der Waals surface area contributed by atoms with Crippen LogP contribution in [0.25, 0.3) is 0 Å². The van der Waals surface area contributed by atoms with Crippen molar-refractivity contribution in [1.29, 1.82) is 0 Å². The van der Waals surface area contributed by atoms with Crippen molar-refractivity contribution in [1.82, 2.24) is 15.2 Å². The molecule has 1 heterocycles. The van der Waals surface area contributed by atoms with E-state index in [1.165, 1.54) is 5.56 Å². The molecule has 3 aromatic rings. The molecule has 6 heteroatoms. The van der Waals surface area contributed by atoms with E-state index in [2.05, 4.69) is 57.9 Å². The second-order valence-electron chi connectivity index (χ2n) is 6.09. The Morgan fingerprint density at radius 3 is 2.58 bits per heavy atom. The fourth-order valence-electron chi connectivity index (χ4n) is 2.73. The molecule has 0 amide bonds. The minimum Gasteiger partial charge on any atom is -0.497 e. The van der Waals surface area contributed by atoms with Gasteiger partial charge in [0.1, 0.15) is 5.75 Å². The number of anilines is 3. The molecule has 0 atom stereocenters. The maximum absolute atomic E-state index is 5.25. The predicted octanol–water partition coefficient (Wildman–Crippen LogP) is 3.90. The third-order valence-electron chi connectivity index (χ3n) is 4.13. The highest BCUT2D eigenvalue weighted by Crippen LogP contribution is 2.22. The number of aryl methyl sites for hydroxylation is 2. The third-order valence-corrected chi connectivity index (χ3v) is 4.13. The molecular formula is C20H23N5O. The number of hydrogen-bond acceptors (Lipinski definition) is 6. The van der Waals surface area contributed by atoms with Crippen LogP contribution < -0.4 is 15.4 Å². The van der Waals surface area contributed by atoms with E-state index in [0.29, 0.717) is 11.8 Å². The lowest BCUT2D eigenvalue weighted by atomic mass is 10.1. The summed E-state index contributed by atoms with van der Waals surface area (Å²) in [5.74, 6) is 2.04. The Morgan fingerprint density at radius 2 is 1.81 bits per heavy atom. The van der Waals surface area contributed by atoms with Gasteiger partial charge >= 0.3 is 0 Å². The van der Waals surface area contributed by atoms with Crippen LogP contribution in [-0.4, -0.2) is 28.8 Å². The van der Waals surface area contributed by atoms with Crippen molar-refractivity contribution in [2.75, 3.05) is 24.3 Å². The predicted molar refractivity (Wildman–Crippen MR) is 104 cm³/mol. The number of ether oxygens (including phenoxy) is 1. The zero-order chi connectivity index (χ0) is 18.4. The van der Waals surface area contributed by atoms with Crippen molar-refractivity contribution in [2.24, 2.45) is 0 Å². The molecule has 0 bridgehead atoms. The molecule has 1 aromatic heterocycles. The van der Waals surface area contributed by atoms with Crippen molar-refractivity contribution in [2.45, 2.75) is 20.3 Å². The van der Waals surface area contributed by atoms with Gasteiger partial charge in [-0.05, 0) is 49.1 Å². The van der Waals surface area contributed by atoms with Gasteiger partial charge in [0.05, 0.1) is 13.3 Å². The molecule has 0 saturated carbocycles. The highest BCUT2D eigenvalue weighted by atomic mass is 16.5. The molecule has 3 rings (SSSR count). The van der Waals surface area contributed by atoms with Crippen LogP contribution in [0.4, 0.5) is 17.5 Å². The molecule has 0 aliphatic rings. The number of hydrogen-bond donors (Lipinski definition) is 2. The van der Waals surface area contributed by atoms with E-state index in [4.69, 9.17) is 4.74 Å². The second kappa shape index (κ2) is 8.29. The van der Waals surface area contributed by atoms with Gasteiger partial charge in [0.2, 0.25) is 5.95 Å². The summed E-state index contributed by atoms with van der Waals surface area (Å²) in [5.41, 5.74) is 4.51. The molecule has 2 aromatic carbocycles. The lowest BCUT2D eigenvalue weighted by Crippen LogP contribution is -2.09. The Morgan fingerprint density at radius 1 is 1.04 bits per heavy atom. The molecule has 26 heavy (non-hydrogen) atoms. The summed E-state index contributed by atoms with van der Waals surface area (Å²) in [7, 11) is 1.68. The molecule has 0 fully saturated rings. The van der Waals surface area contributed by atoms with Gasteiger partial charge in [-0.15, -0.1) is 5.10 Å². The van der Waals surface area contributed by atoms with E-state index in [-0.39, 0.29) is 0 Å². The Kier molecular flexibility index (Phi) is 5.63. The van der Waals surface area contributed by atoms with Gasteiger partial charge < -0.3 is 15.4 Å². The van der Waals surface area contributed by atoms with Crippen molar-refractivity contribution in [3.8, 4) is 5.75 Å². The Balaban J connectivity index is 1.62.